The van der Waals surface area contributed by atoms with Crippen molar-refractivity contribution in [3.05, 3.63) is 35.7 Å². The van der Waals surface area contributed by atoms with E-state index in [2.05, 4.69) is 20.9 Å². The predicted molar refractivity (Wildman–Crippen MR) is 105 cm³/mol. The number of aromatic nitrogens is 1. The van der Waals surface area contributed by atoms with E-state index in [1.807, 2.05) is 30.3 Å². The number of hydrogen-bond acceptors (Lipinski definition) is 7. The summed E-state index contributed by atoms with van der Waals surface area (Å²) >= 11 is 1.34. The van der Waals surface area contributed by atoms with Crippen LogP contribution in [0.25, 0.3) is 10.6 Å². The molecule has 0 bridgehead atoms. The molecule has 0 aliphatic rings. The number of carboxylic acid groups (broad SMARTS) is 1. The van der Waals surface area contributed by atoms with Crippen molar-refractivity contribution < 1.29 is 24.2 Å². The molecule has 0 fully saturated rings. The molecule has 4 N–H and O–H groups in total. The monoisotopic (exact) mass is 406 g/mol. The Labute approximate surface area is 166 Å². The van der Waals surface area contributed by atoms with Crippen LogP contribution in [0.5, 0.6) is 0 Å². The lowest BCUT2D eigenvalue weighted by Gasteiger charge is -2.23. The lowest BCUT2D eigenvalue weighted by atomic mass is 10.2. The highest BCUT2D eigenvalue weighted by atomic mass is 32.1. The molecule has 0 radical (unpaired) electrons. The third-order valence-corrected chi connectivity index (χ3v) is 4.05. The maximum Gasteiger partial charge on any atom is 0.409 e. The smallest absolute Gasteiger partial charge is 0.409 e. The molecule has 28 heavy (non-hydrogen) atoms. The number of anilines is 1. The van der Waals surface area contributed by atoms with E-state index in [0.717, 1.165) is 5.56 Å². The lowest BCUT2D eigenvalue weighted by molar-refractivity contribution is -0.136. The summed E-state index contributed by atoms with van der Waals surface area (Å²) in [6, 6.07) is 9.44. The minimum Gasteiger partial charge on any atom is -0.480 e. The molecule has 0 aliphatic carbocycles. The van der Waals surface area contributed by atoms with Crippen molar-refractivity contribution in [1.29, 1.82) is 0 Å². The number of carboxylic acids is 1. The largest absolute Gasteiger partial charge is 0.480 e. The van der Waals surface area contributed by atoms with Crippen LogP contribution in [0.2, 0.25) is 0 Å². The standard InChI is InChI=1S/C18H22N4O5S/c1-18(2,3)27-17(26)22-14(19-9-13(23)24)15(25)20-12-10-28-16(21-12)11-7-5-4-6-8-11/h4-8,10,14,19H,9H2,1-3H3,(H,20,25)(H,22,26)(H,23,24)/t14-/m1/s1. The molecule has 0 unspecified atom stereocenters. The summed E-state index contributed by atoms with van der Waals surface area (Å²) in [5, 5.41) is 18.5. The number of nitrogens with one attached hydrogen (secondary N) is 3. The predicted octanol–water partition coefficient (Wildman–Crippen LogP) is 2.27. The van der Waals surface area contributed by atoms with Crippen LogP contribution in [-0.4, -0.2) is 46.4 Å². The first-order chi connectivity index (χ1) is 13.1. The van der Waals surface area contributed by atoms with Gasteiger partial charge in [-0.25, -0.2) is 9.78 Å². The van der Waals surface area contributed by atoms with Crippen LogP contribution in [-0.2, 0) is 14.3 Å². The Morgan fingerprint density at radius 2 is 1.89 bits per heavy atom. The first-order valence-electron chi connectivity index (χ1n) is 8.40. The van der Waals surface area contributed by atoms with E-state index in [-0.39, 0.29) is 0 Å². The van der Waals surface area contributed by atoms with Gasteiger partial charge in [-0.15, -0.1) is 11.3 Å². The molecule has 1 aromatic carbocycles. The molecule has 0 aliphatic heterocycles. The molecule has 1 heterocycles. The van der Waals surface area contributed by atoms with Gasteiger partial charge in [-0.1, -0.05) is 30.3 Å². The van der Waals surface area contributed by atoms with Crippen LogP contribution in [0.1, 0.15) is 20.8 Å². The number of nitrogens with zero attached hydrogens (tertiary/aromatic N) is 1. The summed E-state index contributed by atoms with van der Waals surface area (Å²) in [5.41, 5.74) is 0.137. The Hall–Kier alpha value is -2.98. The van der Waals surface area contributed by atoms with Gasteiger partial charge in [-0.3, -0.25) is 20.2 Å². The highest BCUT2D eigenvalue weighted by Crippen LogP contribution is 2.25. The Morgan fingerprint density at radius 3 is 2.50 bits per heavy atom. The average Bonchev–Trinajstić information content (AvgIpc) is 3.06. The third-order valence-electron chi connectivity index (χ3n) is 3.16. The van der Waals surface area contributed by atoms with E-state index >= 15 is 0 Å². The van der Waals surface area contributed by atoms with E-state index in [0.29, 0.717) is 10.8 Å². The minimum atomic E-state index is -1.31. The average molecular weight is 406 g/mol. The van der Waals surface area contributed by atoms with Gasteiger partial charge in [0.2, 0.25) is 0 Å². The number of alkyl carbamates (subject to hydrolysis) is 1. The number of amides is 2. The second-order valence-electron chi connectivity index (χ2n) is 6.75. The Bertz CT molecular complexity index is 832. The van der Waals surface area contributed by atoms with E-state index in [9.17, 15) is 14.4 Å². The van der Waals surface area contributed by atoms with Gasteiger partial charge >= 0.3 is 12.1 Å². The molecule has 0 saturated carbocycles. The summed E-state index contributed by atoms with van der Waals surface area (Å²) < 4.78 is 5.11. The van der Waals surface area contributed by atoms with Crippen molar-refractivity contribution in [3.8, 4) is 10.6 Å². The van der Waals surface area contributed by atoms with Crippen molar-refractivity contribution in [1.82, 2.24) is 15.6 Å². The van der Waals surface area contributed by atoms with Gasteiger partial charge in [0.1, 0.15) is 16.4 Å². The third kappa shape index (κ3) is 6.97. The fourth-order valence-corrected chi connectivity index (χ4v) is 2.83. The van der Waals surface area contributed by atoms with Crippen molar-refractivity contribution in [2.75, 3.05) is 11.9 Å². The summed E-state index contributed by atoms with van der Waals surface area (Å²) in [7, 11) is 0. The SMILES string of the molecule is CC(C)(C)OC(=O)N[C@@H](NCC(=O)O)C(=O)Nc1csc(-c2ccccc2)n1. The van der Waals surface area contributed by atoms with Crippen LogP contribution >= 0.6 is 11.3 Å². The van der Waals surface area contributed by atoms with Crippen molar-refractivity contribution >= 4 is 35.1 Å². The minimum absolute atomic E-state index is 0.293. The first-order valence-corrected chi connectivity index (χ1v) is 9.28. The van der Waals surface area contributed by atoms with Gasteiger partial charge < -0.3 is 15.2 Å². The second kappa shape index (κ2) is 9.29. The number of carbonyl (C=O) groups is 3. The zero-order valence-corrected chi connectivity index (χ0v) is 16.5. The summed E-state index contributed by atoms with van der Waals surface area (Å²) in [6.45, 7) is 4.49. The molecule has 1 aromatic heterocycles. The number of benzene rings is 1. The first kappa shape index (κ1) is 21.3. The number of carbonyl (C=O) groups excluding carboxylic acids is 2. The second-order valence-corrected chi connectivity index (χ2v) is 7.61. The Balaban J connectivity index is 2.06. The van der Waals surface area contributed by atoms with Gasteiger partial charge in [0, 0.05) is 10.9 Å². The molecule has 1 atom stereocenters. The normalized spacial score (nSPS) is 12.1. The number of aliphatic carboxylic acids is 1. The summed E-state index contributed by atoms with van der Waals surface area (Å²) in [4.78, 5) is 39.6. The van der Waals surface area contributed by atoms with Crippen LogP contribution in [0.4, 0.5) is 10.6 Å². The van der Waals surface area contributed by atoms with Crippen molar-refractivity contribution in [2.45, 2.75) is 32.5 Å². The van der Waals surface area contributed by atoms with E-state index in [4.69, 9.17) is 9.84 Å². The van der Waals surface area contributed by atoms with Crippen LogP contribution in [0.15, 0.2) is 35.7 Å². The Kier molecular flexibility index (Phi) is 7.07. The highest BCUT2D eigenvalue weighted by molar-refractivity contribution is 7.13. The van der Waals surface area contributed by atoms with Crippen LogP contribution < -0.4 is 16.0 Å². The molecule has 150 valence electrons. The summed E-state index contributed by atoms with van der Waals surface area (Å²) in [5.74, 6) is -1.55. The topological polar surface area (TPSA) is 130 Å². The fourth-order valence-electron chi connectivity index (χ4n) is 2.07. The molecule has 2 aromatic rings. The van der Waals surface area contributed by atoms with E-state index in [1.165, 1.54) is 11.3 Å². The van der Waals surface area contributed by atoms with E-state index < -0.39 is 36.3 Å². The summed E-state index contributed by atoms with van der Waals surface area (Å²) in [6.07, 6.45) is -2.17. The lowest BCUT2D eigenvalue weighted by Crippen LogP contribution is -2.55. The van der Waals surface area contributed by atoms with Gasteiger partial charge in [-0.05, 0) is 20.8 Å². The number of thiazole rings is 1. The van der Waals surface area contributed by atoms with Gasteiger partial charge in [-0.2, -0.15) is 0 Å². The van der Waals surface area contributed by atoms with Crippen molar-refractivity contribution in [2.24, 2.45) is 0 Å². The number of ether oxygens (including phenoxy) is 1. The van der Waals surface area contributed by atoms with Crippen LogP contribution in [0, 0.1) is 0 Å². The number of hydrogen-bond donors (Lipinski definition) is 4. The highest BCUT2D eigenvalue weighted by Gasteiger charge is 2.25. The molecule has 0 spiro atoms. The molecular weight excluding hydrogens is 384 g/mol. The molecular formula is C18H22N4O5S. The maximum atomic E-state index is 12.5. The van der Waals surface area contributed by atoms with Gasteiger partial charge in [0.05, 0.1) is 6.54 Å². The quantitative estimate of drug-likeness (QED) is 0.519. The van der Waals surface area contributed by atoms with Gasteiger partial charge in [0.25, 0.3) is 5.91 Å². The Morgan fingerprint density at radius 1 is 1.21 bits per heavy atom. The van der Waals surface area contributed by atoms with Crippen molar-refractivity contribution in [3.63, 3.8) is 0 Å². The molecule has 10 heteroatoms. The molecule has 9 nitrogen and oxygen atoms in total. The number of rotatable bonds is 7. The van der Waals surface area contributed by atoms with E-state index in [1.54, 1.807) is 26.2 Å². The maximum absolute atomic E-state index is 12.5. The zero-order valence-electron chi connectivity index (χ0n) is 15.7. The zero-order chi connectivity index (χ0) is 20.7. The fraction of sp³-hybridized carbons (Fsp3) is 0.333. The van der Waals surface area contributed by atoms with Crippen LogP contribution in [0.3, 0.4) is 0 Å². The molecule has 0 saturated heterocycles. The van der Waals surface area contributed by atoms with Gasteiger partial charge in [0.15, 0.2) is 6.17 Å². The molecule has 2 rings (SSSR count). The molecule has 2 amide bonds.